The van der Waals surface area contributed by atoms with E-state index in [0.29, 0.717) is 12.8 Å². The number of carbonyl (C=O) groups excluding carboxylic acids is 2. The first kappa shape index (κ1) is 22.0. The van der Waals surface area contributed by atoms with Crippen molar-refractivity contribution >= 4 is 30.0 Å². The maximum atomic E-state index is 12.2. The van der Waals surface area contributed by atoms with E-state index < -0.39 is 0 Å². The number of halogens is 1. The van der Waals surface area contributed by atoms with Gasteiger partial charge >= 0.3 is 0 Å². The van der Waals surface area contributed by atoms with Crippen molar-refractivity contribution in [3.63, 3.8) is 0 Å². The SMILES string of the molecule is Cl.O=C1CC[C@H](c2ccnc(N3CCCN(CC4CCNCC4)CC3)c2)C(=O)N1. The average molecular weight is 422 g/mol. The monoisotopic (exact) mass is 421 g/mol. The molecule has 0 saturated carbocycles. The molecule has 29 heavy (non-hydrogen) atoms. The van der Waals surface area contributed by atoms with Crippen LogP contribution in [-0.4, -0.2) is 67.5 Å². The third kappa shape index (κ3) is 5.68. The number of imide groups is 1. The van der Waals surface area contributed by atoms with E-state index in [9.17, 15) is 9.59 Å². The summed E-state index contributed by atoms with van der Waals surface area (Å²) < 4.78 is 0. The maximum absolute atomic E-state index is 12.2. The zero-order valence-corrected chi connectivity index (χ0v) is 17.8. The number of rotatable bonds is 4. The predicted molar refractivity (Wildman–Crippen MR) is 115 cm³/mol. The highest BCUT2D eigenvalue weighted by atomic mass is 35.5. The zero-order valence-electron chi connectivity index (χ0n) is 16.9. The zero-order chi connectivity index (χ0) is 19.3. The summed E-state index contributed by atoms with van der Waals surface area (Å²) in [6, 6.07) is 3.95. The second-order valence-corrected chi connectivity index (χ2v) is 8.29. The summed E-state index contributed by atoms with van der Waals surface area (Å²) in [7, 11) is 0. The molecule has 0 spiro atoms. The summed E-state index contributed by atoms with van der Waals surface area (Å²) >= 11 is 0. The molecule has 0 aliphatic carbocycles. The van der Waals surface area contributed by atoms with Crippen LogP contribution < -0.4 is 15.5 Å². The minimum Gasteiger partial charge on any atom is -0.355 e. The number of pyridine rings is 1. The Bertz CT molecular complexity index is 710. The number of hydrogen-bond donors (Lipinski definition) is 2. The van der Waals surface area contributed by atoms with Crippen molar-refractivity contribution in [2.75, 3.05) is 50.7 Å². The summed E-state index contributed by atoms with van der Waals surface area (Å²) in [5, 5.41) is 5.91. The van der Waals surface area contributed by atoms with Crippen LogP contribution in [-0.2, 0) is 9.59 Å². The third-order valence-electron chi connectivity index (χ3n) is 6.30. The molecule has 8 heteroatoms. The van der Waals surface area contributed by atoms with Crippen LogP contribution in [0.3, 0.4) is 0 Å². The minimum absolute atomic E-state index is 0. The van der Waals surface area contributed by atoms with E-state index in [1.807, 2.05) is 12.1 Å². The van der Waals surface area contributed by atoms with Gasteiger partial charge in [0.15, 0.2) is 0 Å². The number of nitrogens with one attached hydrogen (secondary N) is 2. The quantitative estimate of drug-likeness (QED) is 0.718. The summed E-state index contributed by atoms with van der Waals surface area (Å²) in [6.07, 6.45) is 6.49. The molecule has 4 heterocycles. The lowest BCUT2D eigenvalue weighted by molar-refractivity contribution is -0.134. The number of aromatic nitrogens is 1. The number of anilines is 1. The summed E-state index contributed by atoms with van der Waals surface area (Å²) in [4.78, 5) is 33.2. The van der Waals surface area contributed by atoms with Crippen LogP contribution in [0.1, 0.15) is 43.6 Å². The van der Waals surface area contributed by atoms with E-state index in [4.69, 9.17) is 0 Å². The van der Waals surface area contributed by atoms with Crippen LogP contribution in [0.4, 0.5) is 5.82 Å². The molecule has 4 rings (SSSR count). The number of nitrogens with zero attached hydrogens (tertiary/aromatic N) is 3. The molecule has 0 bridgehead atoms. The van der Waals surface area contributed by atoms with Gasteiger partial charge in [0, 0.05) is 38.8 Å². The first-order valence-corrected chi connectivity index (χ1v) is 10.7. The largest absolute Gasteiger partial charge is 0.355 e. The van der Waals surface area contributed by atoms with Gasteiger partial charge in [0.25, 0.3) is 0 Å². The van der Waals surface area contributed by atoms with Crippen molar-refractivity contribution in [1.29, 1.82) is 0 Å². The van der Waals surface area contributed by atoms with E-state index >= 15 is 0 Å². The van der Waals surface area contributed by atoms with Crippen molar-refractivity contribution in [1.82, 2.24) is 20.5 Å². The van der Waals surface area contributed by atoms with E-state index in [1.165, 1.54) is 19.4 Å². The highest BCUT2D eigenvalue weighted by molar-refractivity contribution is 6.00. The van der Waals surface area contributed by atoms with Crippen molar-refractivity contribution < 1.29 is 9.59 Å². The van der Waals surface area contributed by atoms with Gasteiger partial charge in [-0.3, -0.25) is 14.9 Å². The molecule has 0 unspecified atom stereocenters. The minimum atomic E-state index is -0.247. The molecule has 1 aromatic rings. The molecule has 3 aliphatic heterocycles. The van der Waals surface area contributed by atoms with Gasteiger partial charge in [-0.15, -0.1) is 12.4 Å². The van der Waals surface area contributed by atoms with Crippen LogP contribution in [0.25, 0.3) is 0 Å². The van der Waals surface area contributed by atoms with Gasteiger partial charge in [0.05, 0.1) is 5.92 Å². The summed E-state index contributed by atoms with van der Waals surface area (Å²) in [6.45, 7) is 7.69. The number of carbonyl (C=O) groups is 2. The van der Waals surface area contributed by atoms with Gasteiger partial charge < -0.3 is 15.1 Å². The van der Waals surface area contributed by atoms with Crippen molar-refractivity contribution in [2.45, 2.75) is 38.0 Å². The second kappa shape index (κ2) is 10.4. The van der Waals surface area contributed by atoms with E-state index in [0.717, 1.165) is 63.0 Å². The molecule has 1 aromatic heterocycles. The van der Waals surface area contributed by atoms with Crippen molar-refractivity contribution in [3.8, 4) is 0 Å². The smallest absolute Gasteiger partial charge is 0.234 e. The molecule has 3 aliphatic rings. The normalized spacial score (nSPS) is 24.6. The standard InChI is InChI=1S/C21H31N5O2.ClH/c27-20-3-2-18(21(28)24-20)17-6-9-23-19(14-17)26-11-1-10-25(12-13-26)15-16-4-7-22-8-5-16;/h6,9,14,16,18,22H,1-5,7-8,10-13,15H2,(H,24,27,28);1H/t18-;/m1./s1. The van der Waals surface area contributed by atoms with Gasteiger partial charge in [-0.05, 0) is 68.9 Å². The van der Waals surface area contributed by atoms with Crippen molar-refractivity contribution in [2.24, 2.45) is 5.92 Å². The Labute approximate surface area is 179 Å². The average Bonchev–Trinajstić information content (AvgIpc) is 2.94. The fourth-order valence-corrected chi connectivity index (χ4v) is 4.65. The Hall–Kier alpha value is -1.70. The predicted octanol–water partition coefficient (Wildman–Crippen LogP) is 1.54. The molecule has 2 N–H and O–H groups in total. The Balaban J connectivity index is 0.00000240. The van der Waals surface area contributed by atoms with Gasteiger partial charge in [-0.2, -0.15) is 0 Å². The molecular weight excluding hydrogens is 390 g/mol. The van der Waals surface area contributed by atoms with Crippen molar-refractivity contribution in [3.05, 3.63) is 23.9 Å². The lowest BCUT2D eigenvalue weighted by Crippen LogP contribution is -2.39. The highest BCUT2D eigenvalue weighted by Crippen LogP contribution is 2.27. The second-order valence-electron chi connectivity index (χ2n) is 8.29. The van der Waals surface area contributed by atoms with Gasteiger partial charge in [0.2, 0.25) is 11.8 Å². The molecule has 3 fully saturated rings. The summed E-state index contributed by atoms with van der Waals surface area (Å²) in [5.41, 5.74) is 0.964. The fourth-order valence-electron chi connectivity index (χ4n) is 4.65. The first-order valence-electron chi connectivity index (χ1n) is 10.7. The van der Waals surface area contributed by atoms with E-state index in [1.54, 1.807) is 6.20 Å². The highest BCUT2D eigenvalue weighted by Gasteiger charge is 2.28. The van der Waals surface area contributed by atoms with E-state index in [2.05, 4.69) is 25.4 Å². The van der Waals surface area contributed by atoms with Gasteiger partial charge in [-0.25, -0.2) is 4.98 Å². The molecule has 0 radical (unpaired) electrons. The number of hydrogen-bond acceptors (Lipinski definition) is 6. The molecule has 3 saturated heterocycles. The Kier molecular flexibility index (Phi) is 7.86. The molecule has 160 valence electrons. The Morgan fingerprint density at radius 1 is 1.07 bits per heavy atom. The topological polar surface area (TPSA) is 77.6 Å². The molecule has 7 nitrogen and oxygen atoms in total. The first-order chi connectivity index (χ1) is 13.7. The lowest BCUT2D eigenvalue weighted by Gasteiger charge is -2.29. The van der Waals surface area contributed by atoms with Crippen LogP contribution in [0.15, 0.2) is 18.3 Å². The molecule has 2 amide bonds. The third-order valence-corrected chi connectivity index (χ3v) is 6.30. The van der Waals surface area contributed by atoms with Gasteiger partial charge in [0.1, 0.15) is 5.82 Å². The maximum Gasteiger partial charge on any atom is 0.234 e. The van der Waals surface area contributed by atoms with Crippen LogP contribution in [0.2, 0.25) is 0 Å². The fraction of sp³-hybridized carbons (Fsp3) is 0.667. The van der Waals surface area contributed by atoms with Crippen LogP contribution in [0.5, 0.6) is 0 Å². The number of amides is 2. The van der Waals surface area contributed by atoms with Gasteiger partial charge in [-0.1, -0.05) is 0 Å². The molecular formula is C21H32ClN5O2. The molecule has 0 aromatic carbocycles. The number of piperidine rings is 2. The Morgan fingerprint density at radius 3 is 2.69 bits per heavy atom. The van der Waals surface area contributed by atoms with Crippen LogP contribution >= 0.6 is 12.4 Å². The molecule has 1 atom stereocenters. The van der Waals surface area contributed by atoms with E-state index in [-0.39, 0.29) is 30.1 Å². The Morgan fingerprint density at radius 2 is 1.90 bits per heavy atom. The summed E-state index contributed by atoms with van der Waals surface area (Å²) in [5.74, 6) is 1.17. The van der Waals surface area contributed by atoms with Crippen LogP contribution in [0, 0.1) is 5.92 Å². The lowest BCUT2D eigenvalue weighted by atomic mass is 9.91.